The van der Waals surface area contributed by atoms with Crippen LogP contribution < -0.4 is 4.90 Å². The number of amides is 1. The first-order chi connectivity index (χ1) is 13.5. The summed E-state index contributed by atoms with van der Waals surface area (Å²) in [5, 5.41) is 9.98. The maximum Gasteiger partial charge on any atom is 0.416 e. The van der Waals surface area contributed by atoms with Gasteiger partial charge in [-0.15, -0.1) is 0 Å². The van der Waals surface area contributed by atoms with Crippen LogP contribution in [0, 0.1) is 0 Å². The Hall–Kier alpha value is -2.75. The molecule has 1 amide bonds. The summed E-state index contributed by atoms with van der Waals surface area (Å²) in [6, 6.07) is 8.36. The van der Waals surface area contributed by atoms with Gasteiger partial charge in [0.2, 0.25) is 0 Å². The minimum Gasteiger partial charge on any atom is -0.507 e. The lowest BCUT2D eigenvalue weighted by atomic mass is 10.1. The van der Waals surface area contributed by atoms with Gasteiger partial charge in [-0.05, 0) is 42.5 Å². The van der Waals surface area contributed by atoms with Gasteiger partial charge in [-0.2, -0.15) is 13.2 Å². The molecule has 0 saturated carbocycles. The van der Waals surface area contributed by atoms with Crippen molar-refractivity contribution in [2.75, 3.05) is 37.3 Å². The third-order valence-corrected chi connectivity index (χ3v) is 5.86. The fourth-order valence-corrected chi connectivity index (χ4v) is 3.76. The molecule has 1 saturated heterocycles. The molecule has 1 N–H and O–H groups in total. The molecule has 6 nitrogen and oxygen atoms in total. The number of halogens is 3. The van der Waals surface area contributed by atoms with E-state index in [0.29, 0.717) is 18.8 Å². The van der Waals surface area contributed by atoms with Crippen LogP contribution in [-0.4, -0.2) is 56.8 Å². The Kier molecular flexibility index (Phi) is 5.48. The van der Waals surface area contributed by atoms with Crippen LogP contribution >= 0.6 is 0 Å². The molecule has 0 aromatic heterocycles. The van der Waals surface area contributed by atoms with Gasteiger partial charge in [-0.3, -0.25) is 4.79 Å². The molecule has 2 aromatic carbocycles. The van der Waals surface area contributed by atoms with Crippen LogP contribution in [0.15, 0.2) is 47.4 Å². The monoisotopic (exact) mass is 428 g/mol. The predicted octanol–water partition coefficient (Wildman–Crippen LogP) is 2.78. The van der Waals surface area contributed by atoms with Crippen molar-refractivity contribution in [2.24, 2.45) is 0 Å². The smallest absolute Gasteiger partial charge is 0.416 e. The predicted molar refractivity (Wildman–Crippen MR) is 101 cm³/mol. The molecular formula is C19H19F3N2O4S. The fraction of sp³-hybridized carbons (Fsp3) is 0.316. The first-order valence-corrected chi connectivity index (χ1v) is 10.6. The number of phenolic OH excluding ortho intramolecular Hbond substituents is 1. The molecule has 0 aliphatic carbocycles. The average Bonchev–Trinajstić information content (AvgIpc) is 2.66. The second kappa shape index (κ2) is 7.58. The van der Waals surface area contributed by atoms with E-state index in [-0.39, 0.29) is 29.3 Å². The average molecular weight is 428 g/mol. The van der Waals surface area contributed by atoms with E-state index in [2.05, 4.69) is 0 Å². The highest BCUT2D eigenvalue weighted by Crippen LogP contribution is 2.31. The summed E-state index contributed by atoms with van der Waals surface area (Å²) in [6.07, 6.45) is -3.39. The summed E-state index contributed by atoms with van der Waals surface area (Å²) < 4.78 is 61.4. The zero-order valence-electron chi connectivity index (χ0n) is 15.5. The Morgan fingerprint density at radius 1 is 1.00 bits per heavy atom. The number of aromatic hydroxyl groups is 1. The normalized spacial score (nSPS) is 15.4. The van der Waals surface area contributed by atoms with Gasteiger partial charge < -0.3 is 14.9 Å². The lowest BCUT2D eigenvalue weighted by Gasteiger charge is -2.36. The number of carbonyl (C=O) groups is 1. The van der Waals surface area contributed by atoms with E-state index < -0.39 is 27.5 Å². The maximum absolute atomic E-state index is 12.7. The van der Waals surface area contributed by atoms with E-state index in [4.69, 9.17) is 0 Å². The van der Waals surface area contributed by atoms with Gasteiger partial charge in [-0.1, -0.05) is 0 Å². The number of sulfone groups is 1. The van der Waals surface area contributed by atoms with E-state index in [1.54, 1.807) is 0 Å². The molecule has 10 heteroatoms. The van der Waals surface area contributed by atoms with Crippen molar-refractivity contribution in [1.82, 2.24) is 4.90 Å². The molecule has 0 spiro atoms. The topological polar surface area (TPSA) is 77.9 Å². The second-order valence-electron chi connectivity index (χ2n) is 6.78. The third-order valence-electron chi connectivity index (χ3n) is 4.75. The molecule has 0 bridgehead atoms. The molecule has 3 rings (SSSR count). The molecule has 156 valence electrons. The SMILES string of the molecule is CS(=O)(=O)c1ccc(O)c(C(=O)N2CCN(c3ccc(C(F)(F)F)cc3)CC2)c1. The highest BCUT2D eigenvalue weighted by Gasteiger charge is 2.30. The number of hydrogen-bond donors (Lipinski definition) is 1. The van der Waals surface area contributed by atoms with Gasteiger partial charge in [0.05, 0.1) is 16.0 Å². The maximum atomic E-state index is 12.7. The zero-order valence-corrected chi connectivity index (χ0v) is 16.3. The highest BCUT2D eigenvalue weighted by molar-refractivity contribution is 7.90. The van der Waals surface area contributed by atoms with Crippen molar-refractivity contribution in [3.8, 4) is 5.75 Å². The Bertz CT molecular complexity index is 1010. The van der Waals surface area contributed by atoms with Crippen LogP contribution in [0.4, 0.5) is 18.9 Å². The lowest BCUT2D eigenvalue weighted by Crippen LogP contribution is -2.48. The molecule has 0 atom stereocenters. The number of alkyl halides is 3. The number of benzene rings is 2. The summed E-state index contributed by atoms with van der Waals surface area (Å²) in [6.45, 7) is 1.35. The van der Waals surface area contributed by atoms with Crippen molar-refractivity contribution < 1.29 is 31.5 Å². The number of hydrogen-bond acceptors (Lipinski definition) is 5. The van der Waals surface area contributed by atoms with Crippen LogP contribution in [0.1, 0.15) is 15.9 Å². The first-order valence-electron chi connectivity index (χ1n) is 8.71. The van der Waals surface area contributed by atoms with Gasteiger partial charge in [0, 0.05) is 38.1 Å². The number of nitrogens with zero attached hydrogens (tertiary/aromatic N) is 2. The molecule has 2 aromatic rings. The van der Waals surface area contributed by atoms with Crippen LogP contribution in [0.5, 0.6) is 5.75 Å². The van der Waals surface area contributed by atoms with Crippen molar-refractivity contribution in [1.29, 1.82) is 0 Å². The Balaban J connectivity index is 1.70. The van der Waals surface area contributed by atoms with Crippen LogP contribution in [-0.2, 0) is 16.0 Å². The third kappa shape index (κ3) is 4.64. The van der Waals surface area contributed by atoms with E-state index in [1.807, 2.05) is 4.90 Å². The van der Waals surface area contributed by atoms with E-state index in [0.717, 1.165) is 24.5 Å². The Labute approximate surface area is 166 Å². The molecular weight excluding hydrogens is 409 g/mol. The van der Waals surface area contributed by atoms with Crippen molar-refractivity contribution in [3.05, 3.63) is 53.6 Å². The van der Waals surface area contributed by atoms with Gasteiger partial charge in [0.15, 0.2) is 9.84 Å². The van der Waals surface area contributed by atoms with E-state index in [9.17, 15) is 31.5 Å². The molecule has 29 heavy (non-hydrogen) atoms. The molecule has 1 heterocycles. The summed E-state index contributed by atoms with van der Waals surface area (Å²) in [7, 11) is -3.54. The summed E-state index contributed by atoms with van der Waals surface area (Å²) in [4.78, 5) is 16.0. The molecule has 1 aliphatic heterocycles. The Morgan fingerprint density at radius 2 is 1.59 bits per heavy atom. The summed E-state index contributed by atoms with van der Waals surface area (Å²) >= 11 is 0. The number of carbonyl (C=O) groups excluding carboxylic acids is 1. The van der Waals surface area contributed by atoms with Crippen molar-refractivity contribution in [2.45, 2.75) is 11.1 Å². The van der Waals surface area contributed by atoms with Crippen LogP contribution in [0.25, 0.3) is 0 Å². The molecule has 0 radical (unpaired) electrons. The number of piperazine rings is 1. The number of rotatable bonds is 3. The van der Waals surface area contributed by atoms with Crippen molar-refractivity contribution >= 4 is 21.4 Å². The number of anilines is 1. The van der Waals surface area contributed by atoms with Gasteiger partial charge in [0.25, 0.3) is 5.91 Å². The lowest BCUT2D eigenvalue weighted by molar-refractivity contribution is -0.137. The van der Waals surface area contributed by atoms with E-state index >= 15 is 0 Å². The quantitative estimate of drug-likeness (QED) is 0.814. The first kappa shape index (κ1) is 21.0. The second-order valence-corrected chi connectivity index (χ2v) is 8.79. The highest BCUT2D eigenvalue weighted by atomic mass is 32.2. The minimum absolute atomic E-state index is 0.0676. The van der Waals surface area contributed by atoms with Crippen LogP contribution in [0.3, 0.4) is 0 Å². The fourth-order valence-electron chi connectivity index (χ4n) is 3.12. The molecule has 1 aliphatic rings. The largest absolute Gasteiger partial charge is 0.507 e. The summed E-state index contributed by atoms with van der Waals surface area (Å²) in [5.74, 6) is -0.812. The van der Waals surface area contributed by atoms with Crippen LogP contribution in [0.2, 0.25) is 0 Å². The Morgan fingerprint density at radius 3 is 2.10 bits per heavy atom. The van der Waals surface area contributed by atoms with Crippen molar-refractivity contribution in [3.63, 3.8) is 0 Å². The van der Waals surface area contributed by atoms with E-state index in [1.165, 1.54) is 29.2 Å². The minimum atomic E-state index is -4.40. The van der Waals surface area contributed by atoms with Gasteiger partial charge in [-0.25, -0.2) is 8.42 Å². The standard InChI is InChI=1S/C19H19F3N2O4S/c1-29(27,28)15-6-7-17(25)16(12-15)18(26)24-10-8-23(9-11-24)14-4-2-13(3-5-14)19(20,21)22/h2-7,12,25H,8-11H2,1H3. The zero-order chi connectivity index (χ0) is 21.4. The molecule has 1 fully saturated rings. The molecule has 0 unspecified atom stereocenters. The number of phenols is 1. The van der Waals surface area contributed by atoms with Gasteiger partial charge in [0.1, 0.15) is 5.75 Å². The van der Waals surface area contributed by atoms with Gasteiger partial charge >= 0.3 is 6.18 Å². The summed E-state index contributed by atoms with van der Waals surface area (Å²) in [5.41, 5.74) is -0.209.